The Morgan fingerprint density at radius 2 is 2.17 bits per heavy atom. The summed E-state index contributed by atoms with van der Waals surface area (Å²) in [6, 6.07) is 7.80. The number of hydrogen-bond acceptors (Lipinski definition) is 6. The van der Waals surface area contributed by atoms with E-state index in [1.165, 1.54) is 11.8 Å². The van der Waals surface area contributed by atoms with Crippen molar-refractivity contribution in [3.63, 3.8) is 0 Å². The summed E-state index contributed by atoms with van der Waals surface area (Å²) in [5, 5.41) is 1.41. The van der Waals surface area contributed by atoms with Crippen molar-refractivity contribution in [1.29, 1.82) is 0 Å². The molecule has 0 bridgehead atoms. The van der Waals surface area contributed by atoms with Crippen LogP contribution in [-0.2, 0) is 11.4 Å². The molecule has 0 radical (unpaired) electrons. The van der Waals surface area contributed by atoms with E-state index in [-0.39, 0.29) is 12.4 Å². The molecule has 30 heavy (non-hydrogen) atoms. The standard InChI is InChI=1S/C21H18ClN5O2S/c1-13-7-17(27-6-5-24-12-27)14-3-2-4-18(21(14)26-13)29-10-15-16(22)8-25-9-19(15)30-11-20(23)28/h2-9,12H,10-11H2,1H3,(H2,23,28). The molecule has 1 amide bonds. The Morgan fingerprint density at radius 3 is 2.93 bits per heavy atom. The second kappa shape index (κ2) is 8.73. The number of amides is 1. The highest BCUT2D eigenvalue weighted by Gasteiger charge is 2.14. The number of aryl methyl sites for hydroxylation is 1. The van der Waals surface area contributed by atoms with Crippen LogP contribution in [0.25, 0.3) is 16.6 Å². The molecule has 4 aromatic rings. The Labute approximate surface area is 182 Å². The molecule has 7 nitrogen and oxygen atoms in total. The van der Waals surface area contributed by atoms with E-state index in [4.69, 9.17) is 27.1 Å². The summed E-state index contributed by atoms with van der Waals surface area (Å²) in [5.41, 5.74) is 8.60. The van der Waals surface area contributed by atoms with E-state index < -0.39 is 5.91 Å². The van der Waals surface area contributed by atoms with Gasteiger partial charge in [0.25, 0.3) is 0 Å². The SMILES string of the molecule is Cc1cc(-n2ccnc2)c2cccc(OCc3c(Cl)cncc3SCC(N)=O)c2n1. The lowest BCUT2D eigenvalue weighted by Crippen LogP contribution is -2.13. The van der Waals surface area contributed by atoms with Crippen LogP contribution in [0.1, 0.15) is 11.3 Å². The zero-order chi connectivity index (χ0) is 21.1. The molecule has 0 saturated heterocycles. The number of rotatable bonds is 7. The van der Waals surface area contributed by atoms with E-state index in [9.17, 15) is 4.79 Å². The number of carbonyl (C=O) groups excluding carboxylic acids is 1. The summed E-state index contributed by atoms with van der Waals surface area (Å²) < 4.78 is 8.08. The summed E-state index contributed by atoms with van der Waals surface area (Å²) in [4.78, 5) is 24.8. The molecule has 3 aromatic heterocycles. The minimum absolute atomic E-state index is 0.137. The predicted molar refractivity (Wildman–Crippen MR) is 117 cm³/mol. The third-order valence-corrected chi connectivity index (χ3v) is 5.82. The highest BCUT2D eigenvalue weighted by atomic mass is 35.5. The smallest absolute Gasteiger partial charge is 0.227 e. The average Bonchev–Trinajstić information content (AvgIpc) is 3.25. The number of pyridine rings is 2. The van der Waals surface area contributed by atoms with Crippen LogP contribution in [-0.4, -0.2) is 31.2 Å². The first-order valence-corrected chi connectivity index (χ1v) is 10.4. The largest absolute Gasteiger partial charge is 0.487 e. The van der Waals surface area contributed by atoms with Gasteiger partial charge in [-0.1, -0.05) is 23.7 Å². The number of primary amides is 1. The molecular weight excluding hydrogens is 422 g/mol. The maximum Gasteiger partial charge on any atom is 0.227 e. The van der Waals surface area contributed by atoms with Crippen LogP contribution in [0.4, 0.5) is 0 Å². The molecule has 0 unspecified atom stereocenters. The number of hydrogen-bond donors (Lipinski definition) is 1. The van der Waals surface area contributed by atoms with Gasteiger partial charge in [-0.25, -0.2) is 9.97 Å². The van der Waals surface area contributed by atoms with Gasteiger partial charge in [-0.05, 0) is 19.1 Å². The number of halogens is 1. The fraction of sp³-hybridized carbons (Fsp3) is 0.143. The van der Waals surface area contributed by atoms with Crippen LogP contribution in [0.15, 0.2) is 60.3 Å². The molecule has 2 N–H and O–H groups in total. The van der Waals surface area contributed by atoms with Crippen molar-refractivity contribution in [3.05, 3.63) is 71.7 Å². The second-order valence-electron chi connectivity index (χ2n) is 6.55. The maximum absolute atomic E-state index is 11.2. The van der Waals surface area contributed by atoms with E-state index in [1.807, 2.05) is 42.0 Å². The van der Waals surface area contributed by atoms with E-state index in [0.29, 0.717) is 10.8 Å². The fourth-order valence-electron chi connectivity index (χ4n) is 3.07. The van der Waals surface area contributed by atoms with Gasteiger partial charge in [0, 0.05) is 46.3 Å². The number of thioether (sulfide) groups is 1. The first-order chi connectivity index (χ1) is 14.5. The molecule has 0 aliphatic rings. The lowest BCUT2D eigenvalue weighted by molar-refractivity contribution is -0.115. The zero-order valence-corrected chi connectivity index (χ0v) is 17.7. The molecule has 3 heterocycles. The van der Waals surface area contributed by atoms with Crippen molar-refractivity contribution in [1.82, 2.24) is 19.5 Å². The Kier molecular flexibility index (Phi) is 5.87. The van der Waals surface area contributed by atoms with Gasteiger partial charge in [0.2, 0.25) is 5.91 Å². The first-order valence-electron chi connectivity index (χ1n) is 9.08. The number of para-hydroxylation sites is 1. The summed E-state index contributed by atoms with van der Waals surface area (Å²) in [6.07, 6.45) is 8.58. The van der Waals surface area contributed by atoms with Gasteiger partial charge in [-0.15, -0.1) is 11.8 Å². The molecule has 0 aliphatic carbocycles. The monoisotopic (exact) mass is 439 g/mol. The lowest BCUT2D eigenvalue weighted by atomic mass is 10.1. The normalized spacial score (nSPS) is 11.0. The summed E-state index contributed by atoms with van der Waals surface area (Å²) in [5.74, 6) is 0.363. The molecule has 0 spiro atoms. The van der Waals surface area contributed by atoms with Gasteiger partial charge in [-0.3, -0.25) is 9.78 Å². The minimum atomic E-state index is -0.410. The van der Waals surface area contributed by atoms with Crippen molar-refractivity contribution in [2.24, 2.45) is 5.73 Å². The predicted octanol–water partition coefficient (Wildman–Crippen LogP) is 3.93. The van der Waals surface area contributed by atoms with Gasteiger partial charge in [0.05, 0.1) is 22.8 Å². The van der Waals surface area contributed by atoms with Crippen molar-refractivity contribution in [2.45, 2.75) is 18.4 Å². The summed E-state index contributed by atoms with van der Waals surface area (Å²) in [7, 11) is 0. The number of carbonyl (C=O) groups is 1. The topological polar surface area (TPSA) is 95.9 Å². The molecule has 4 rings (SSSR count). The Morgan fingerprint density at radius 1 is 1.30 bits per heavy atom. The van der Waals surface area contributed by atoms with Crippen molar-refractivity contribution >= 4 is 40.2 Å². The zero-order valence-electron chi connectivity index (χ0n) is 16.1. The molecule has 0 fully saturated rings. The third-order valence-electron chi connectivity index (χ3n) is 4.40. The number of ether oxygens (including phenoxy) is 1. The molecule has 0 aliphatic heterocycles. The Hall–Kier alpha value is -3.10. The number of nitrogens with zero attached hydrogens (tertiary/aromatic N) is 4. The van der Waals surface area contributed by atoms with Crippen molar-refractivity contribution < 1.29 is 9.53 Å². The van der Waals surface area contributed by atoms with E-state index in [1.54, 1.807) is 24.9 Å². The fourth-order valence-corrected chi connectivity index (χ4v) is 4.11. The number of benzene rings is 1. The minimum Gasteiger partial charge on any atom is -0.487 e. The van der Waals surface area contributed by atoms with Crippen LogP contribution in [0, 0.1) is 6.92 Å². The summed E-state index contributed by atoms with van der Waals surface area (Å²) in [6.45, 7) is 2.15. The summed E-state index contributed by atoms with van der Waals surface area (Å²) >= 11 is 7.63. The highest BCUT2D eigenvalue weighted by molar-refractivity contribution is 8.00. The van der Waals surface area contributed by atoms with E-state index >= 15 is 0 Å². The average molecular weight is 440 g/mol. The van der Waals surface area contributed by atoms with Crippen LogP contribution >= 0.6 is 23.4 Å². The van der Waals surface area contributed by atoms with Crippen LogP contribution < -0.4 is 10.5 Å². The highest BCUT2D eigenvalue weighted by Crippen LogP contribution is 2.32. The van der Waals surface area contributed by atoms with Gasteiger partial charge in [0.1, 0.15) is 17.9 Å². The maximum atomic E-state index is 11.2. The number of imidazole rings is 1. The van der Waals surface area contributed by atoms with Crippen molar-refractivity contribution in [3.8, 4) is 11.4 Å². The van der Waals surface area contributed by atoms with Crippen molar-refractivity contribution in [2.75, 3.05) is 5.75 Å². The molecular formula is C21H18ClN5O2S. The Balaban J connectivity index is 1.69. The van der Waals surface area contributed by atoms with Crippen LogP contribution in [0.2, 0.25) is 5.02 Å². The van der Waals surface area contributed by atoms with E-state index in [2.05, 4.69) is 9.97 Å². The van der Waals surface area contributed by atoms with E-state index in [0.717, 1.165) is 32.7 Å². The molecule has 0 saturated carbocycles. The Bertz CT molecular complexity index is 1210. The van der Waals surface area contributed by atoms with Crippen LogP contribution in [0.5, 0.6) is 5.75 Å². The molecule has 9 heteroatoms. The van der Waals surface area contributed by atoms with Gasteiger partial charge < -0.3 is 15.0 Å². The van der Waals surface area contributed by atoms with Gasteiger partial charge in [-0.2, -0.15) is 0 Å². The van der Waals surface area contributed by atoms with Gasteiger partial charge >= 0.3 is 0 Å². The second-order valence-corrected chi connectivity index (χ2v) is 7.97. The number of fused-ring (bicyclic) bond motifs is 1. The third kappa shape index (κ3) is 4.24. The van der Waals surface area contributed by atoms with Crippen LogP contribution in [0.3, 0.4) is 0 Å². The lowest BCUT2D eigenvalue weighted by Gasteiger charge is -2.15. The molecule has 152 valence electrons. The number of aromatic nitrogens is 4. The number of nitrogens with two attached hydrogens (primary N) is 1. The quantitative estimate of drug-likeness (QED) is 0.438. The first kappa shape index (κ1) is 20.2. The molecule has 1 aromatic carbocycles. The van der Waals surface area contributed by atoms with Gasteiger partial charge in [0.15, 0.2) is 0 Å². The molecule has 0 atom stereocenters.